The van der Waals surface area contributed by atoms with E-state index in [0.717, 1.165) is 5.69 Å². The highest BCUT2D eigenvalue weighted by Crippen LogP contribution is 2.15. The number of nitrogens with zero attached hydrogens (tertiary/aromatic N) is 1. The molecular formula is C12H12FN3O2. The molecule has 0 atom stereocenters. The van der Waals surface area contributed by atoms with Crippen LogP contribution in [0.3, 0.4) is 0 Å². The quantitative estimate of drug-likeness (QED) is 0.776. The molecule has 94 valence electrons. The topological polar surface area (TPSA) is 78.0 Å². The first-order valence-corrected chi connectivity index (χ1v) is 5.33. The van der Waals surface area contributed by atoms with Crippen LogP contribution in [0.1, 0.15) is 21.6 Å². The van der Waals surface area contributed by atoms with E-state index in [9.17, 15) is 9.18 Å². The van der Waals surface area contributed by atoms with Crippen LogP contribution in [0.5, 0.6) is 0 Å². The van der Waals surface area contributed by atoms with E-state index in [1.165, 1.54) is 12.3 Å². The summed E-state index contributed by atoms with van der Waals surface area (Å²) >= 11 is 0. The number of aromatic nitrogens is 2. The maximum atomic E-state index is 13.1. The van der Waals surface area contributed by atoms with Crippen molar-refractivity contribution in [2.24, 2.45) is 0 Å². The lowest BCUT2D eigenvalue weighted by molar-refractivity contribution is 0.0689. The van der Waals surface area contributed by atoms with Crippen LogP contribution in [0, 0.1) is 12.7 Å². The smallest absolute Gasteiger partial charge is 0.354 e. The summed E-state index contributed by atoms with van der Waals surface area (Å²) in [5, 5.41) is 18.0. The minimum Gasteiger partial charge on any atom is -0.477 e. The van der Waals surface area contributed by atoms with Crippen molar-refractivity contribution in [2.75, 3.05) is 5.32 Å². The van der Waals surface area contributed by atoms with Crippen LogP contribution in [-0.2, 0) is 6.54 Å². The maximum Gasteiger partial charge on any atom is 0.354 e. The second-order valence-electron chi connectivity index (χ2n) is 3.89. The fraction of sp³-hybridized carbons (Fsp3) is 0.167. The molecule has 2 rings (SSSR count). The van der Waals surface area contributed by atoms with Crippen LogP contribution in [0.2, 0.25) is 0 Å². The Balaban J connectivity index is 2.09. The molecule has 6 heteroatoms. The average Bonchev–Trinajstić information content (AvgIpc) is 2.79. The second kappa shape index (κ2) is 4.87. The molecule has 0 aliphatic carbocycles. The highest BCUT2D eigenvalue weighted by Gasteiger charge is 2.11. The van der Waals surface area contributed by atoms with Crippen molar-refractivity contribution in [3.63, 3.8) is 0 Å². The summed E-state index contributed by atoms with van der Waals surface area (Å²) in [5.74, 6) is -1.32. The summed E-state index contributed by atoms with van der Waals surface area (Å²) in [7, 11) is 0. The highest BCUT2D eigenvalue weighted by molar-refractivity contribution is 5.87. The Labute approximate surface area is 103 Å². The van der Waals surface area contributed by atoms with Crippen LogP contribution < -0.4 is 5.32 Å². The molecule has 1 heterocycles. The molecule has 0 aliphatic rings. The van der Waals surface area contributed by atoms with Gasteiger partial charge in [-0.15, -0.1) is 0 Å². The zero-order valence-corrected chi connectivity index (χ0v) is 9.70. The number of hydrogen-bond acceptors (Lipinski definition) is 3. The zero-order valence-electron chi connectivity index (χ0n) is 9.70. The molecule has 0 unspecified atom stereocenters. The molecule has 0 bridgehead atoms. The van der Waals surface area contributed by atoms with Gasteiger partial charge in [0.05, 0.1) is 6.20 Å². The monoisotopic (exact) mass is 249 g/mol. The van der Waals surface area contributed by atoms with Gasteiger partial charge in [-0.2, -0.15) is 5.10 Å². The van der Waals surface area contributed by atoms with Gasteiger partial charge in [0.1, 0.15) is 11.5 Å². The van der Waals surface area contributed by atoms with Gasteiger partial charge in [0.25, 0.3) is 0 Å². The molecule has 0 amide bonds. The van der Waals surface area contributed by atoms with Crippen LogP contribution in [0.25, 0.3) is 0 Å². The number of nitrogens with one attached hydrogen (secondary N) is 2. The molecule has 0 radical (unpaired) electrons. The fourth-order valence-corrected chi connectivity index (χ4v) is 1.58. The van der Waals surface area contributed by atoms with E-state index in [2.05, 4.69) is 15.5 Å². The van der Waals surface area contributed by atoms with Gasteiger partial charge < -0.3 is 10.4 Å². The molecule has 0 saturated heterocycles. The highest BCUT2D eigenvalue weighted by atomic mass is 19.1. The maximum absolute atomic E-state index is 13.1. The van der Waals surface area contributed by atoms with E-state index in [1.807, 2.05) is 0 Å². The lowest BCUT2D eigenvalue weighted by Crippen LogP contribution is -2.06. The van der Waals surface area contributed by atoms with E-state index in [0.29, 0.717) is 17.7 Å². The Kier molecular flexibility index (Phi) is 3.27. The molecule has 0 aliphatic heterocycles. The van der Waals surface area contributed by atoms with Crippen LogP contribution in [0.4, 0.5) is 10.1 Å². The van der Waals surface area contributed by atoms with E-state index in [-0.39, 0.29) is 11.5 Å². The van der Waals surface area contributed by atoms with Crippen molar-refractivity contribution in [1.82, 2.24) is 10.2 Å². The van der Waals surface area contributed by atoms with Gasteiger partial charge in [-0.05, 0) is 30.7 Å². The van der Waals surface area contributed by atoms with Crippen molar-refractivity contribution in [3.8, 4) is 0 Å². The van der Waals surface area contributed by atoms with Gasteiger partial charge in [-0.25, -0.2) is 9.18 Å². The number of rotatable bonds is 4. The second-order valence-corrected chi connectivity index (χ2v) is 3.89. The van der Waals surface area contributed by atoms with Crippen molar-refractivity contribution >= 4 is 11.7 Å². The normalized spacial score (nSPS) is 10.3. The summed E-state index contributed by atoms with van der Waals surface area (Å²) in [6.07, 6.45) is 1.45. The van der Waals surface area contributed by atoms with Gasteiger partial charge in [0.2, 0.25) is 0 Å². The third-order valence-electron chi connectivity index (χ3n) is 2.57. The van der Waals surface area contributed by atoms with Gasteiger partial charge in [-0.3, -0.25) is 5.10 Å². The summed E-state index contributed by atoms with van der Waals surface area (Å²) in [6, 6.07) is 4.63. The minimum absolute atomic E-state index is 0.0568. The summed E-state index contributed by atoms with van der Waals surface area (Å²) < 4.78 is 13.1. The van der Waals surface area contributed by atoms with Crippen molar-refractivity contribution < 1.29 is 14.3 Å². The summed E-state index contributed by atoms with van der Waals surface area (Å²) in [6.45, 7) is 1.98. The molecule has 1 aromatic heterocycles. The van der Waals surface area contributed by atoms with Gasteiger partial charge >= 0.3 is 5.97 Å². The van der Waals surface area contributed by atoms with E-state index in [1.54, 1.807) is 19.1 Å². The molecule has 1 aromatic carbocycles. The summed E-state index contributed by atoms with van der Waals surface area (Å²) in [5.41, 5.74) is 1.86. The Bertz CT molecular complexity index is 580. The third-order valence-corrected chi connectivity index (χ3v) is 2.57. The molecule has 18 heavy (non-hydrogen) atoms. The number of H-pyrrole nitrogens is 1. The Morgan fingerprint density at radius 1 is 1.56 bits per heavy atom. The SMILES string of the molecule is Cc1cc(NCc2cn[nH]c2C(=O)O)ccc1F. The summed E-state index contributed by atoms with van der Waals surface area (Å²) in [4.78, 5) is 10.8. The lowest BCUT2D eigenvalue weighted by Gasteiger charge is -2.07. The fourth-order valence-electron chi connectivity index (χ4n) is 1.58. The number of aryl methyl sites for hydroxylation is 1. The number of hydrogen-bond donors (Lipinski definition) is 3. The Hall–Kier alpha value is -2.37. The average molecular weight is 249 g/mol. The predicted molar refractivity (Wildman–Crippen MR) is 64.0 cm³/mol. The molecule has 0 fully saturated rings. The Morgan fingerprint density at radius 2 is 2.33 bits per heavy atom. The number of carboxylic acids is 1. The number of carbonyl (C=O) groups is 1. The molecular weight excluding hydrogens is 237 g/mol. The molecule has 3 N–H and O–H groups in total. The van der Waals surface area contributed by atoms with Crippen molar-refractivity contribution in [1.29, 1.82) is 0 Å². The van der Waals surface area contributed by atoms with Crippen molar-refractivity contribution in [3.05, 3.63) is 47.0 Å². The first-order valence-electron chi connectivity index (χ1n) is 5.33. The number of aromatic carboxylic acids is 1. The zero-order chi connectivity index (χ0) is 13.1. The van der Waals surface area contributed by atoms with Gasteiger partial charge in [-0.1, -0.05) is 0 Å². The number of benzene rings is 1. The number of anilines is 1. The third kappa shape index (κ3) is 2.48. The van der Waals surface area contributed by atoms with Crippen LogP contribution in [-0.4, -0.2) is 21.3 Å². The molecule has 5 nitrogen and oxygen atoms in total. The number of carboxylic acid groups (broad SMARTS) is 1. The first-order chi connectivity index (χ1) is 8.58. The molecule has 2 aromatic rings. The Morgan fingerprint density at radius 3 is 3.00 bits per heavy atom. The van der Waals surface area contributed by atoms with Gasteiger partial charge in [0, 0.05) is 17.8 Å². The van der Waals surface area contributed by atoms with Crippen LogP contribution >= 0.6 is 0 Å². The molecule has 0 saturated carbocycles. The first kappa shape index (κ1) is 12.1. The lowest BCUT2D eigenvalue weighted by atomic mass is 10.2. The van der Waals surface area contributed by atoms with Crippen LogP contribution in [0.15, 0.2) is 24.4 Å². The number of aromatic amines is 1. The van der Waals surface area contributed by atoms with Gasteiger partial charge in [0.15, 0.2) is 0 Å². The van der Waals surface area contributed by atoms with E-state index in [4.69, 9.17) is 5.11 Å². The van der Waals surface area contributed by atoms with E-state index < -0.39 is 5.97 Å². The van der Waals surface area contributed by atoms with E-state index >= 15 is 0 Å². The minimum atomic E-state index is -1.06. The molecule has 0 spiro atoms. The largest absolute Gasteiger partial charge is 0.477 e. The van der Waals surface area contributed by atoms with Crippen molar-refractivity contribution in [2.45, 2.75) is 13.5 Å². The predicted octanol–water partition coefficient (Wildman–Crippen LogP) is 2.17. The standard InChI is InChI=1S/C12H12FN3O2/c1-7-4-9(2-3-10(7)13)14-5-8-6-15-16-11(8)12(17)18/h2-4,6,14H,5H2,1H3,(H,15,16)(H,17,18). The number of halogens is 1.